The molecular weight excluding hydrogens is 474 g/mol. The molecule has 2 aromatic rings. The van der Waals surface area contributed by atoms with Crippen molar-refractivity contribution < 1.29 is 22.7 Å². The molecule has 0 amide bonds. The molecule has 0 aromatic heterocycles. The molecule has 0 bridgehead atoms. The summed E-state index contributed by atoms with van der Waals surface area (Å²) in [7, 11) is -3.70. The molecule has 0 spiro atoms. The Bertz CT molecular complexity index is 1190. The van der Waals surface area contributed by atoms with E-state index in [9.17, 15) is 13.2 Å². The van der Waals surface area contributed by atoms with Crippen molar-refractivity contribution in [1.82, 2.24) is 0 Å². The number of hydrogen-bond acceptors (Lipinski definition) is 5. The first-order valence-electron chi connectivity index (χ1n) is 12.0. The van der Waals surface area contributed by atoms with Gasteiger partial charge in [-0.3, -0.25) is 4.79 Å². The Labute approximate surface area is 216 Å². The molecule has 36 heavy (non-hydrogen) atoms. The van der Waals surface area contributed by atoms with Gasteiger partial charge in [0, 0.05) is 12.0 Å². The van der Waals surface area contributed by atoms with Crippen LogP contribution in [0, 0.1) is 22.7 Å². The van der Waals surface area contributed by atoms with Crippen molar-refractivity contribution >= 4 is 16.0 Å². The van der Waals surface area contributed by atoms with Gasteiger partial charge >= 0.3 is 5.97 Å². The molecule has 0 heterocycles. The summed E-state index contributed by atoms with van der Waals surface area (Å²) < 4.78 is 34.0. The summed E-state index contributed by atoms with van der Waals surface area (Å²) in [6.07, 6.45) is 2.31. The van der Waals surface area contributed by atoms with Crippen LogP contribution in [0.1, 0.15) is 78.9 Å². The molecule has 0 unspecified atom stereocenters. The van der Waals surface area contributed by atoms with E-state index in [0.29, 0.717) is 18.8 Å². The number of carbonyl (C=O) groups is 1. The van der Waals surface area contributed by atoms with Crippen molar-refractivity contribution in [3.63, 3.8) is 0 Å². The lowest BCUT2D eigenvalue weighted by Crippen LogP contribution is -2.36. The number of primary sulfonamides is 1. The summed E-state index contributed by atoms with van der Waals surface area (Å²) in [6, 6.07) is 13.8. The smallest absolute Gasteiger partial charge is 0.312 e. The summed E-state index contributed by atoms with van der Waals surface area (Å²) in [5.74, 6) is 6.96. The van der Waals surface area contributed by atoms with E-state index < -0.39 is 21.0 Å². The highest BCUT2D eigenvalue weighted by Gasteiger charge is 2.37. The minimum absolute atomic E-state index is 0.0562. The van der Waals surface area contributed by atoms with Gasteiger partial charge < -0.3 is 9.47 Å². The minimum atomic E-state index is -3.70. The molecule has 0 aliphatic carbocycles. The van der Waals surface area contributed by atoms with E-state index in [1.807, 2.05) is 58.9 Å². The van der Waals surface area contributed by atoms with Crippen molar-refractivity contribution in [3.05, 3.63) is 59.7 Å². The zero-order chi connectivity index (χ0) is 27.2. The molecule has 2 aromatic carbocycles. The largest absolute Gasteiger partial charge is 0.489 e. The van der Waals surface area contributed by atoms with Crippen LogP contribution in [0.15, 0.2) is 53.4 Å². The van der Waals surface area contributed by atoms with Crippen LogP contribution in [0.4, 0.5) is 0 Å². The molecule has 196 valence electrons. The fourth-order valence-electron chi connectivity index (χ4n) is 3.92. The molecule has 7 heteroatoms. The van der Waals surface area contributed by atoms with Gasteiger partial charge in [-0.2, -0.15) is 0 Å². The van der Waals surface area contributed by atoms with E-state index in [1.54, 1.807) is 12.1 Å². The predicted molar refractivity (Wildman–Crippen MR) is 143 cm³/mol. The Morgan fingerprint density at radius 3 is 2.03 bits per heavy atom. The molecule has 0 saturated carbocycles. The molecule has 0 radical (unpaired) electrons. The van der Waals surface area contributed by atoms with Crippen molar-refractivity contribution in [2.24, 2.45) is 16.0 Å². The van der Waals surface area contributed by atoms with Crippen LogP contribution in [0.25, 0.3) is 0 Å². The number of ether oxygens (including phenoxy) is 2. The zero-order valence-electron chi connectivity index (χ0n) is 22.5. The van der Waals surface area contributed by atoms with Gasteiger partial charge in [0.25, 0.3) is 0 Å². The SMILES string of the molecule is CC(C)(CCC#Cc1ccc(OCc2ccc(S(N)(=O)=O)cc2)cc1)CC(C)(C)C(=O)OC(C)(C)C. The number of rotatable bonds is 9. The molecule has 0 aliphatic rings. The second-order valence-electron chi connectivity index (χ2n) is 11.5. The first-order valence-corrected chi connectivity index (χ1v) is 13.6. The van der Waals surface area contributed by atoms with Gasteiger partial charge in [0.15, 0.2) is 0 Å². The first-order chi connectivity index (χ1) is 16.5. The van der Waals surface area contributed by atoms with Gasteiger partial charge in [-0.25, -0.2) is 13.6 Å². The van der Waals surface area contributed by atoms with Gasteiger partial charge in [-0.05, 0) is 94.8 Å². The van der Waals surface area contributed by atoms with Crippen molar-refractivity contribution in [2.75, 3.05) is 0 Å². The van der Waals surface area contributed by atoms with Crippen LogP contribution in [-0.4, -0.2) is 20.0 Å². The summed E-state index contributed by atoms with van der Waals surface area (Å²) in [4.78, 5) is 12.7. The number of hydrogen-bond donors (Lipinski definition) is 1. The van der Waals surface area contributed by atoms with Crippen molar-refractivity contribution in [1.29, 1.82) is 0 Å². The molecule has 0 fully saturated rings. The van der Waals surface area contributed by atoms with Gasteiger partial charge in [-0.1, -0.05) is 37.8 Å². The second-order valence-corrected chi connectivity index (χ2v) is 13.1. The fourth-order valence-corrected chi connectivity index (χ4v) is 4.43. The highest BCUT2D eigenvalue weighted by atomic mass is 32.2. The van der Waals surface area contributed by atoms with E-state index in [2.05, 4.69) is 25.7 Å². The molecule has 6 nitrogen and oxygen atoms in total. The minimum Gasteiger partial charge on any atom is -0.489 e. The van der Waals surface area contributed by atoms with E-state index in [-0.39, 0.29) is 16.3 Å². The lowest BCUT2D eigenvalue weighted by atomic mass is 9.73. The van der Waals surface area contributed by atoms with Crippen LogP contribution in [-0.2, 0) is 26.2 Å². The van der Waals surface area contributed by atoms with E-state index in [4.69, 9.17) is 14.6 Å². The summed E-state index contributed by atoms with van der Waals surface area (Å²) in [5, 5.41) is 5.12. The zero-order valence-corrected chi connectivity index (χ0v) is 23.3. The van der Waals surface area contributed by atoms with E-state index in [0.717, 1.165) is 24.0 Å². The molecule has 2 rings (SSSR count). The molecule has 0 atom stereocenters. The standard InChI is InChI=1S/C29H39NO5S/c1-27(2,3)35-26(31)29(6,7)21-28(4,5)19-9-8-10-22-11-15-24(16-12-22)34-20-23-13-17-25(18-14-23)36(30,32)33/h11-18H,9,19-21H2,1-7H3,(H2,30,32,33). The normalized spacial score (nSPS) is 12.4. The van der Waals surface area contributed by atoms with Crippen LogP contribution in [0.5, 0.6) is 5.75 Å². The van der Waals surface area contributed by atoms with Crippen molar-refractivity contribution in [3.8, 4) is 17.6 Å². The van der Waals surface area contributed by atoms with Crippen LogP contribution >= 0.6 is 0 Å². The Morgan fingerprint density at radius 2 is 1.50 bits per heavy atom. The highest BCUT2D eigenvalue weighted by molar-refractivity contribution is 7.89. The summed E-state index contributed by atoms with van der Waals surface area (Å²) >= 11 is 0. The second kappa shape index (κ2) is 11.5. The maximum Gasteiger partial charge on any atom is 0.312 e. The Balaban J connectivity index is 1.86. The van der Waals surface area contributed by atoms with Gasteiger partial charge in [-0.15, -0.1) is 0 Å². The van der Waals surface area contributed by atoms with E-state index >= 15 is 0 Å². The third kappa shape index (κ3) is 10.0. The number of carbonyl (C=O) groups excluding carboxylic acids is 1. The maximum absolute atomic E-state index is 12.6. The van der Waals surface area contributed by atoms with Gasteiger partial charge in [0.05, 0.1) is 10.3 Å². The lowest BCUT2D eigenvalue weighted by molar-refractivity contribution is -0.167. The quantitative estimate of drug-likeness (QED) is 0.336. The van der Waals surface area contributed by atoms with Gasteiger partial charge in [0.1, 0.15) is 18.0 Å². The van der Waals surface area contributed by atoms with Crippen LogP contribution in [0.2, 0.25) is 0 Å². The monoisotopic (exact) mass is 513 g/mol. The lowest BCUT2D eigenvalue weighted by Gasteiger charge is -2.35. The molecular formula is C29H39NO5S. The number of esters is 1. The van der Waals surface area contributed by atoms with Gasteiger partial charge in [0.2, 0.25) is 10.0 Å². The molecule has 0 aliphatic heterocycles. The third-order valence-corrected chi connectivity index (χ3v) is 6.47. The number of sulfonamides is 1. The Kier molecular flexibility index (Phi) is 9.39. The van der Waals surface area contributed by atoms with Crippen LogP contribution in [0.3, 0.4) is 0 Å². The predicted octanol–water partition coefficient (Wildman–Crippen LogP) is 5.83. The topological polar surface area (TPSA) is 95.7 Å². The Hall–Kier alpha value is -2.82. The maximum atomic E-state index is 12.6. The molecule has 2 N–H and O–H groups in total. The van der Waals surface area contributed by atoms with Crippen LogP contribution < -0.4 is 9.88 Å². The number of nitrogens with two attached hydrogens (primary N) is 1. The first kappa shape index (κ1) is 29.4. The summed E-state index contributed by atoms with van der Waals surface area (Å²) in [6.45, 7) is 14.2. The number of benzene rings is 2. The third-order valence-electron chi connectivity index (χ3n) is 5.54. The fraction of sp³-hybridized carbons (Fsp3) is 0.483. The average molecular weight is 514 g/mol. The highest BCUT2D eigenvalue weighted by Crippen LogP contribution is 2.38. The Morgan fingerprint density at radius 1 is 0.917 bits per heavy atom. The molecule has 0 saturated heterocycles. The van der Waals surface area contributed by atoms with E-state index in [1.165, 1.54) is 12.1 Å². The average Bonchev–Trinajstić information content (AvgIpc) is 2.74. The van der Waals surface area contributed by atoms with Crippen molar-refractivity contribution in [2.45, 2.75) is 84.8 Å². The summed E-state index contributed by atoms with van der Waals surface area (Å²) in [5.41, 5.74) is 0.616.